The van der Waals surface area contributed by atoms with Gasteiger partial charge in [0.15, 0.2) is 0 Å². The molecule has 1 aromatic heterocycles. The molecule has 2 unspecified atom stereocenters. The maximum atomic E-state index is 4.23. The predicted molar refractivity (Wildman–Crippen MR) is 71.0 cm³/mol. The molecule has 2 rings (SSSR count). The van der Waals surface area contributed by atoms with Gasteiger partial charge in [0.05, 0.1) is 6.20 Å². The van der Waals surface area contributed by atoms with Crippen molar-refractivity contribution in [3.05, 3.63) is 18.0 Å². The molecule has 1 saturated carbocycles. The Kier molecular flexibility index (Phi) is 3.87. The van der Waals surface area contributed by atoms with Gasteiger partial charge in [-0.3, -0.25) is 4.68 Å². The van der Waals surface area contributed by atoms with Crippen molar-refractivity contribution in [1.29, 1.82) is 0 Å². The summed E-state index contributed by atoms with van der Waals surface area (Å²) in [6.07, 6.45) is 10.6. The zero-order valence-corrected chi connectivity index (χ0v) is 11.4. The number of nitrogens with one attached hydrogen (secondary N) is 1. The van der Waals surface area contributed by atoms with E-state index < -0.39 is 0 Å². The molecule has 1 aliphatic rings. The molecular weight excluding hydrogens is 210 g/mol. The Morgan fingerprint density at radius 1 is 1.59 bits per heavy atom. The third-order valence-corrected chi connectivity index (χ3v) is 4.10. The van der Waals surface area contributed by atoms with Crippen LogP contribution in [0.15, 0.2) is 12.4 Å². The van der Waals surface area contributed by atoms with E-state index in [0.717, 1.165) is 12.6 Å². The summed E-state index contributed by atoms with van der Waals surface area (Å²) < 4.78 is 1.90. The predicted octanol–water partition coefficient (Wildman–Crippen LogP) is 2.52. The van der Waals surface area contributed by atoms with Crippen molar-refractivity contribution < 1.29 is 0 Å². The second-order valence-corrected chi connectivity index (χ2v) is 5.83. The van der Waals surface area contributed by atoms with Crippen molar-refractivity contribution >= 4 is 0 Å². The fraction of sp³-hybridized carbons (Fsp3) is 0.786. The van der Waals surface area contributed by atoms with Gasteiger partial charge in [0.1, 0.15) is 0 Å². The van der Waals surface area contributed by atoms with Gasteiger partial charge in [0, 0.05) is 19.3 Å². The fourth-order valence-electron chi connectivity index (χ4n) is 3.06. The van der Waals surface area contributed by atoms with Gasteiger partial charge in [-0.15, -0.1) is 0 Å². The van der Waals surface area contributed by atoms with E-state index in [0.29, 0.717) is 5.41 Å². The molecule has 3 heteroatoms. The van der Waals surface area contributed by atoms with E-state index >= 15 is 0 Å². The van der Waals surface area contributed by atoms with E-state index in [1.165, 1.54) is 37.7 Å². The highest BCUT2D eigenvalue weighted by molar-refractivity contribution is 5.05. The second kappa shape index (κ2) is 5.21. The molecule has 2 atom stereocenters. The van der Waals surface area contributed by atoms with Gasteiger partial charge in [0.25, 0.3) is 0 Å². The summed E-state index contributed by atoms with van der Waals surface area (Å²) in [7, 11) is 1.99. The third kappa shape index (κ3) is 3.32. The van der Waals surface area contributed by atoms with Crippen molar-refractivity contribution in [1.82, 2.24) is 15.1 Å². The minimum absolute atomic E-state index is 0.530. The van der Waals surface area contributed by atoms with Crippen LogP contribution in [0.5, 0.6) is 0 Å². The first-order chi connectivity index (χ1) is 8.11. The molecule has 0 aromatic carbocycles. The Morgan fingerprint density at radius 3 is 3.06 bits per heavy atom. The molecular formula is C14H25N3. The molecule has 0 saturated heterocycles. The van der Waals surface area contributed by atoms with E-state index in [1.807, 2.05) is 17.9 Å². The molecule has 17 heavy (non-hydrogen) atoms. The van der Waals surface area contributed by atoms with Crippen molar-refractivity contribution in [2.75, 3.05) is 6.54 Å². The van der Waals surface area contributed by atoms with Crippen molar-refractivity contribution in [2.24, 2.45) is 12.5 Å². The van der Waals surface area contributed by atoms with Crippen LogP contribution in [0.3, 0.4) is 0 Å². The number of aromatic nitrogens is 2. The summed E-state index contributed by atoms with van der Waals surface area (Å²) in [5.41, 5.74) is 1.91. The Hall–Kier alpha value is -0.830. The fourth-order valence-corrected chi connectivity index (χ4v) is 3.06. The molecule has 1 aliphatic carbocycles. The van der Waals surface area contributed by atoms with Crippen LogP contribution < -0.4 is 5.32 Å². The Balaban J connectivity index is 1.82. The molecule has 96 valence electrons. The van der Waals surface area contributed by atoms with Crippen molar-refractivity contribution in [2.45, 2.75) is 52.0 Å². The lowest BCUT2D eigenvalue weighted by Crippen LogP contribution is -2.27. The highest BCUT2D eigenvalue weighted by Crippen LogP contribution is 2.41. The summed E-state index contributed by atoms with van der Waals surface area (Å²) in [6, 6.07) is 0.749. The normalized spacial score (nSPS) is 28.8. The molecule has 1 heterocycles. The van der Waals surface area contributed by atoms with Gasteiger partial charge < -0.3 is 5.32 Å². The summed E-state index contributed by atoms with van der Waals surface area (Å²) in [4.78, 5) is 0. The molecule has 1 aromatic rings. The Labute approximate surface area is 105 Å². The van der Waals surface area contributed by atoms with Gasteiger partial charge in [-0.25, -0.2) is 0 Å². The lowest BCUT2D eigenvalue weighted by molar-refractivity contribution is 0.298. The minimum Gasteiger partial charge on any atom is -0.314 e. The molecule has 1 N–H and O–H groups in total. The summed E-state index contributed by atoms with van der Waals surface area (Å²) in [5.74, 6) is 0. The Morgan fingerprint density at radius 2 is 2.41 bits per heavy atom. The van der Waals surface area contributed by atoms with Crippen LogP contribution in [0.1, 0.15) is 45.1 Å². The number of rotatable bonds is 5. The topological polar surface area (TPSA) is 29.9 Å². The largest absolute Gasteiger partial charge is 0.314 e. The number of hydrogen-bond donors (Lipinski definition) is 1. The highest BCUT2D eigenvalue weighted by Gasteiger charge is 2.34. The first-order valence-corrected chi connectivity index (χ1v) is 6.82. The van der Waals surface area contributed by atoms with Gasteiger partial charge in [0.2, 0.25) is 0 Å². The monoisotopic (exact) mass is 235 g/mol. The zero-order chi connectivity index (χ0) is 12.3. The van der Waals surface area contributed by atoms with Crippen molar-refractivity contribution in [3.63, 3.8) is 0 Å². The molecule has 3 nitrogen and oxygen atoms in total. The molecule has 0 bridgehead atoms. The molecule has 1 fully saturated rings. The quantitative estimate of drug-likeness (QED) is 0.850. The van der Waals surface area contributed by atoms with Crippen molar-refractivity contribution in [3.8, 4) is 0 Å². The van der Waals surface area contributed by atoms with E-state index in [9.17, 15) is 0 Å². The average molecular weight is 235 g/mol. The smallest absolute Gasteiger partial charge is 0.0521 e. The molecule has 0 spiro atoms. The van der Waals surface area contributed by atoms with Crippen LogP contribution in [-0.4, -0.2) is 22.4 Å². The van der Waals surface area contributed by atoms with Crippen LogP contribution in [0, 0.1) is 5.41 Å². The maximum Gasteiger partial charge on any atom is 0.0521 e. The van der Waals surface area contributed by atoms with Gasteiger partial charge in [-0.1, -0.05) is 13.8 Å². The Bertz CT molecular complexity index is 358. The molecule has 0 radical (unpaired) electrons. The average Bonchev–Trinajstić information content (AvgIpc) is 2.85. The number of hydrogen-bond acceptors (Lipinski definition) is 2. The highest BCUT2D eigenvalue weighted by atomic mass is 15.2. The molecule has 0 amide bonds. The minimum atomic E-state index is 0.530. The van der Waals surface area contributed by atoms with Crippen LogP contribution in [0.2, 0.25) is 0 Å². The van der Waals surface area contributed by atoms with Crippen LogP contribution >= 0.6 is 0 Å². The SMILES string of the molecule is CCNC1CCC(C)(CCc2cnn(C)c2)C1. The summed E-state index contributed by atoms with van der Waals surface area (Å²) in [6.45, 7) is 5.75. The van der Waals surface area contributed by atoms with Gasteiger partial charge in [-0.2, -0.15) is 5.10 Å². The van der Waals surface area contributed by atoms with Crippen LogP contribution in [0.4, 0.5) is 0 Å². The summed E-state index contributed by atoms with van der Waals surface area (Å²) in [5, 5.41) is 7.82. The molecule has 0 aliphatic heterocycles. The van der Waals surface area contributed by atoms with E-state index in [2.05, 4.69) is 30.5 Å². The maximum absolute atomic E-state index is 4.23. The lowest BCUT2D eigenvalue weighted by Gasteiger charge is -2.24. The zero-order valence-electron chi connectivity index (χ0n) is 11.4. The van der Waals surface area contributed by atoms with Crippen LogP contribution in [0.25, 0.3) is 0 Å². The van der Waals surface area contributed by atoms with E-state index in [1.54, 1.807) is 0 Å². The van der Waals surface area contributed by atoms with E-state index in [-0.39, 0.29) is 0 Å². The summed E-state index contributed by atoms with van der Waals surface area (Å²) >= 11 is 0. The number of nitrogens with zero attached hydrogens (tertiary/aromatic N) is 2. The third-order valence-electron chi connectivity index (χ3n) is 4.10. The van der Waals surface area contributed by atoms with Gasteiger partial charge in [-0.05, 0) is 49.6 Å². The number of aryl methyl sites for hydroxylation is 2. The standard InChI is InChI=1S/C14H25N3/c1-4-15-13-6-8-14(2,9-13)7-5-12-10-16-17(3)11-12/h10-11,13,15H,4-9H2,1-3H3. The first kappa shape index (κ1) is 12.6. The second-order valence-electron chi connectivity index (χ2n) is 5.83. The lowest BCUT2D eigenvalue weighted by atomic mass is 9.83. The first-order valence-electron chi connectivity index (χ1n) is 6.82. The van der Waals surface area contributed by atoms with Crippen LogP contribution in [-0.2, 0) is 13.5 Å². The van der Waals surface area contributed by atoms with E-state index in [4.69, 9.17) is 0 Å². The van der Waals surface area contributed by atoms with Gasteiger partial charge >= 0.3 is 0 Å².